The number of halogens is 1. The molecular formula is C27H28ClN5O2S. The molecule has 2 aromatic heterocycles. The Bertz CT molecular complexity index is 1450. The Balaban J connectivity index is 1.34. The van der Waals surface area contributed by atoms with Crippen LogP contribution in [-0.4, -0.2) is 56.6 Å². The van der Waals surface area contributed by atoms with E-state index in [2.05, 4.69) is 34.7 Å². The molecule has 1 aromatic carbocycles. The monoisotopic (exact) mass is 521 g/mol. The summed E-state index contributed by atoms with van der Waals surface area (Å²) in [6, 6.07) is 7.94. The summed E-state index contributed by atoms with van der Waals surface area (Å²) in [5.41, 5.74) is 3.54. The Kier molecular flexibility index (Phi) is 4.86. The standard InChI is InChI=1S/C27H28ClN5O2S/c1-15-30-31-25-27(8-9-27)29-22(17-6-4-5-7-19(17)28)21-18-12-16(13-20(18)36-24(21)33(15)25)23(34)32-10-11-35-26(2,3)14-32/h4-7,16H,8-14H2,1-3H3/t16-/m0/s1. The van der Waals surface area contributed by atoms with Crippen molar-refractivity contribution in [1.82, 2.24) is 19.7 Å². The second-order valence-electron chi connectivity index (χ2n) is 11.0. The van der Waals surface area contributed by atoms with Gasteiger partial charge in [0.2, 0.25) is 5.91 Å². The molecule has 3 aromatic rings. The molecule has 7 rings (SSSR count). The third kappa shape index (κ3) is 3.34. The molecule has 0 unspecified atom stereocenters. The van der Waals surface area contributed by atoms with Crippen LogP contribution in [0.25, 0.3) is 5.00 Å². The average molecular weight is 522 g/mol. The van der Waals surface area contributed by atoms with Crippen LogP contribution >= 0.6 is 22.9 Å². The SMILES string of the molecule is Cc1nnc2n1-c1sc3c(c1C(c1ccccc1Cl)=NC21CC1)C[C@H](C(=O)N1CCOC(C)(C)C1)C3. The molecule has 9 heteroatoms. The van der Waals surface area contributed by atoms with Gasteiger partial charge < -0.3 is 9.64 Å². The van der Waals surface area contributed by atoms with Gasteiger partial charge in [-0.3, -0.25) is 14.4 Å². The van der Waals surface area contributed by atoms with Gasteiger partial charge in [-0.2, -0.15) is 0 Å². The lowest BCUT2D eigenvalue weighted by Crippen LogP contribution is -2.52. The molecule has 1 saturated carbocycles. The quantitative estimate of drug-likeness (QED) is 0.498. The van der Waals surface area contributed by atoms with Crippen molar-refractivity contribution in [3.05, 3.63) is 62.5 Å². The number of ether oxygens (including phenoxy) is 1. The van der Waals surface area contributed by atoms with E-state index in [1.165, 1.54) is 10.4 Å². The van der Waals surface area contributed by atoms with E-state index in [4.69, 9.17) is 21.3 Å². The van der Waals surface area contributed by atoms with E-state index in [9.17, 15) is 4.79 Å². The molecule has 36 heavy (non-hydrogen) atoms. The van der Waals surface area contributed by atoms with Crippen LogP contribution in [0.1, 0.15) is 59.9 Å². The number of carbonyl (C=O) groups is 1. The fraction of sp³-hybridized carbons (Fsp3) is 0.481. The number of nitrogens with zero attached hydrogens (tertiary/aromatic N) is 5. The van der Waals surface area contributed by atoms with Crippen LogP contribution in [0.3, 0.4) is 0 Å². The van der Waals surface area contributed by atoms with Crippen molar-refractivity contribution in [2.75, 3.05) is 19.7 Å². The molecule has 1 spiro atoms. The van der Waals surface area contributed by atoms with Crippen molar-refractivity contribution in [3.8, 4) is 5.00 Å². The second kappa shape index (κ2) is 7.73. The lowest BCUT2D eigenvalue weighted by Gasteiger charge is -2.39. The van der Waals surface area contributed by atoms with Gasteiger partial charge in [-0.25, -0.2) is 0 Å². The molecule has 2 aliphatic carbocycles. The van der Waals surface area contributed by atoms with Crippen LogP contribution in [0.5, 0.6) is 0 Å². The van der Waals surface area contributed by atoms with Gasteiger partial charge in [-0.15, -0.1) is 21.5 Å². The van der Waals surface area contributed by atoms with E-state index in [1.807, 2.05) is 30.0 Å². The fourth-order valence-corrected chi connectivity index (χ4v) is 7.67. The maximum absolute atomic E-state index is 13.6. The number of carbonyl (C=O) groups excluding carboxylic acids is 1. The first-order valence-electron chi connectivity index (χ1n) is 12.6. The van der Waals surface area contributed by atoms with Crippen molar-refractivity contribution >= 4 is 34.6 Å². The average Bonchev–Trinajstić information content (AvgIpc) is 3.18. The molecule has 1 saturated heterocycles. The zero-order valence-corrected chi connectivity index (χ0v) is 22.2. The molecular weight excluding hydrogens is 494 g/mol. The largest absolute Gasteiger partial charge is 0.372 e. The zero-order valence-electron chi connectivity index (χ0n) is 20.7. The molecule has 0 radical (unpaired) electrons. The van der Waals surface area contributed by atoms with Crippen molar-refractivity contribution < 1.29 is 9.53 Å². The summed E-state index contributed by atoms with van der Waals surface area (Å²) < 4.78 is 8.05. The number of hydrogen-bond donors (Lipinski definition) is 0. The maximum atomic E-state index is 13.6. The van der Waals surface area contributed by atoms with Crippen LogP contribution in [0.4, 0.5) is 0 Å². The number of benzene rings is 1. The van der Waals surface area contributed by atoms with Gasteiger partial charge in [0.05, 0.1) is 17.9 Å². The van der Waals surface area contributed by atoms with Gasteiger partial charge in [0.25, 0.3) is 0 Å². The number of aliphatic imine (C=N–C) groups is 1. The van der Waals surface area contributed by atoms with E-state index in [-0.39, 0.29) is 23.0 Å². The molecule has 0 bridgehead atoms. The molecule has 1 amide bonds. The van der Waals surface area contributed by atoms with Gasteiger partial charge in [0, 0.05) is 40.0 Å². The highest BCUT2D eigenvalue weighted by molar-refractivity contribution is 7.15. The van der Waals surface area contributed by atoms with E-state index in [0.717, 1.165) is 52.8 Å². The predicted molar refractivity (Wildman–Crippen MR) is 139 cm³/mol. The predicted octanol–water partition coefficient (Wildman–Crippen LogP) is 4.48. The van der Waals surface area contributed by atoms with Crippen LogP contribution in [-0.2, 0) is 27.9 Å². The Morgan fingerprint density at radius 3 is 2.75 bits per heavy atom. The van der Waals surface area contributed by atoms with Crippen molar-refractivity contribution in [3.63, 3.8) is 0 Å². The molecule has 1 atom stereocenters. The van der Waals surface area contributed by atoms with Gasteiger partial charge in [-0.1, -0.05) is 29.8 Å². The summed E-state index contributed by atoms with van der Waals surface area (Å²) in [6.45, 7) is 7.99. The van der Waals surface area contributed by atoms with Crippen LogP contribution in [0.15, 0.2) is 29.3 Å². The first-order chi connectivity index (χ1) is 17.3. The van der Waals surface area contributed by atoms with Gasteiger partial charge in [0.1, 0.15) is 16.4 Å². The van der Waals surface area contributed by atoms with Crippen molar-refractivity contribution in [2.24, 2.45) is 10.9 Å². The highest BCUT2D eigenvalue weighted by Crippen LogP contribution is 2.54. The van der Waals surface area contributed by atoms with Gasteiger partial charge in [-0.05, 0) is 58.1 Å². The minimum Gasteiger partial charge on any atom is -0.372 e. The second-order valence-corrected chi connectivity index (χ2v) is 12.5. The fourth-order valence-electron chi connectivity index (χ4n) is 5.99. The van der Waals surface area contributed by atoms with Gasteiger partial charge >= 0.3 is 0 Å². The Labute approximate surface area is 219 Å². The summed E-state index contributed by atoms with van der Waals surface area (Å²) in [5, 5.41) is 10.8. The first kappa shape index (κ1) is 22.6. The molecule has 186 valence electrons. The number of aromatic nitrogens is 3. The topological polar surface area (TPSA) is 72.6 Å². The summed E-state index contributed by atoms with van der Waals surface area (Å²) >= 11 is 8.51. The molecule has 2 fully saturated rings. The number of aryl methyl sites for hydroxylation is 1. The molecule has 0 N–H and O–H groups in total. The summed E-state index contributed by atoms with van der Waals surface area (Å²) in [7, 11) is 0. The first-order valence-corrected chi connectivity index (χ1v) is 13.8. The minimum absolute atomic E-state index is 0.0578. The minimum atomic E-state index is -0.353. The molecule has 7 nitrogen and oxygen atoms in total. The molecule has 4 aliphatic rings. The number of rotatable bonds is 2. The Morgan fingerprint density at radius 2 is 2.00 bits per heavy atom. The third-order valence-corrected chi connectivity index (χ3v) is 9.47. The van der Waals surface area contributed by atoms with Crippen LogP contribution < -0.4 is 0 Å². The zero-order chi connectivity index (χ0) is 24.8. The maximum Gasteiger partial charge on any atom is 0.226 e. The number of hydrogen-bond acceptors (Lipinski definition) is 6. The lowest BCUT2D eigenvalue weighted by atomic mass is 9.96. The highest BCUT2D eigenvalue weighted by Gasteiger charge is 2.52. The third-order valence-electron chi connectivity index (χ3n) is 7.90. The summed E-state index contributed by atoms with van der Waals surface area (Å²) in [6.07, 6.45) is 3.36. The van der Waals surface area contributed by atoms with Gasteiger partial charge in [0.15, 0.2) is 5.82 Å². The van der Waals surface area contributed by atoms with Crippen LogP contribution in [0, 0.1) is 12.8 Å². The molecule has 4 heterocycles. The van der Waals surface area contributed by atoms with E-state index in [1.54, 1.807) is 11.3 Å². The lowest BCUT2D eigenvalue weighted by molar-refractivity contribution is -0.149. The number of thiophene rings is 1. The summed E-state index contributed by atoms with van der Waals surface area (Å²) in [4.78, 5) is 22.3. The van der Waals surface area contributed by atoms with E-state index >= 15 is 0 Å². The number of fused-ring (bicyclic) bond motifs is 6. The molecule has 2 aliphatic heterocycles. The van der Waals surface area contributed by atoms with Crippen molar-refractivity contribution in [2.45, 2.75) is 57.6 Å². The highest BCUT2D eigenvalue weighted by atomic mass is 35.5. The number of amides is 1. The smallest absolute Gasteiger partial charge is 0.226 e. The number of morpholine rings is 1. The van der Waals surface area contributed by atoms with E-state index < -0.39 is 0 Å². The normalized spacial score (nSPS) is 23.1. The van der Waals surface area contributed by atoms with E-state index in [0.29, 0.717) is 31.1 Å². The summed E-state index contributed by atoms with van der Waals surface area (Å²) in [5.74, 6) is 1.97. The Morgan fingerprint density at radius 1 is 1.19 bits per heavy atom. The Hall–Kier alpha value is -2.55. The van der Waals surface area contributed by atoms with Crippen molar-refractivity contribution in [1.29, 1.82) is 0 Å². The van der Waals surface area contributed by atoms with Crippen LogP contribution in [0.2, 0.25) is 5.02 Å².